The van der Waals surface area contributed by atoms with Gasteiger partial charge >= 0.3 is 0 Å². The Kier molecular flexibility index (Phi) is 8.16. The van der Waals surface area contributed by atoms with Gasteiger partial charge in [0, 0.05) is 33.0 Å². The molecule has 3 heteroatoms. The average molecular weight is 703 g/mol. The Morgan fingerprint density at radius 2 is 0.636 bits per heavy atom. The number of furan rings is 1. The van der Waals surface area contributed by atoms with E-state index in [0.29, 0.717) is 0 Å². The van der Waals surface area contributed by atoms with Crippen LogP contribution in [0, 0.1) is 0 Å². The van der Waals surface area contributed by atoms with Gasteiger partial charge in [0.15, 0.2) is 0 Å². The SMILES string of the molecule is c1ccc(-c2cc(-c3cc(-c4cc(-c5ccccc5)nc(-c5ccccc5)c4)cc(-c4cccc5oc6ccccc6c45)c3)cc(-c3ccccc3)n2)cc1. The summed E-state index contributed by atoms with van der Waals surface area (Å²) in [6.07, 6.45) is 0. The number of benzene rings is 7. The number of nitrogens with zero attached hydrogens (tertiary/aromatic N) is 2. The summed E-state index contributed by atoms with van der Waals surface area (Å²) in [4.78, 5) is 10.4. The van der Waals surface area contributed by atoms with Crippen molar-refractivity contribution in [2.75, 3.05) is 0 Å². The molecule has 0 saturated heterocycles. The van der Waals surface area contributed by atoms with Gasteiger partial charge in [-0.1, -0.05) is 152 Å². The second-order valence-corrected chi connectivity index (χ2v) is 13.8. The Morgan fingerprint density at radius 1 is 0.273 bits per heavy atom. The van der Waals surface area contributed by atoms with Crippen molar-refractivity contribution in [1.29, 1.82) is 0 Å². The van der Waals surface area contributed by atoms with Crippen LogP contribution in [0.2, 0.25) is 0 Å². The van der Waals surface area contributed by atoms with E-state index in [1.807, 2.05) is 36.4 Å². The zero-order valence-electron chi connectivity index (χ0n) is 29.9. The van der Waals surface area contributed by atoms with Crippen molar-refractivity contribution in [3.63, 3.8) is 0 Å². The number of hydrogen-bond donors (Lipinski definition) is 0. The first kappa shape index (κ1) is 32.3. The van der Waals surface area contributed by atoms with Crippen molar-refractivity contribution in [2.45, 2.75) is 0 Å². The molecule has 0 radical (unpaired) electrons. The van der Waals surface area contributed by atoms with E-state index >= 15 is 0 Å². The monoisotopic (exact) mass is 702 g/mol. The second-order valence-electron chi connectivity index (χ2n) is 13.8. The molecule has 0 spiro atoms. The van der Waals surface area contributed by atoms with Crippen molar-refractivity contribution >= 4 is 21.9 Å². The van der Waals surface area contributed by atoms with Crippen molar-refractivity contribution in [3.8, 4) is 78.4 Å². The number of fused-ring (bicyclic) bond motifs is 3. The summed E-state index contributed by atoms with van der Waals surface area (Å²) in [6.45, 7) is 0. The molecule has 3 nitrogen and oxygen atoms in total. The normalized spacial score (nSPS) is 11.3. The molecule has 10 aromatic rings. The van der Waals surface area contributed by atoms with E-state index < -0.39 is 0 Å². The summed E-state index contributed by atoms with van der Waals surface area (Å²) < 4.78 is 6.39. The molecule has 7 aromatic carbocycles. The molecule has 0 atom stereocenters. The van der Waals surface area contributed by atoms with Crippen LogP contribution in [-0.2, 0) is 0 Å². The summed E-state index contributed by atoms with van der Waals surface area (Å²) in [7, 11) is 0. The molecule has 3 aromatic heterocycles. The molecule has 0 N–H and O–H groups in total. The molecule has 10 rings (SSSR count). The fourth-order valence-electron chi connectivity index (χ4n) is 7.55. The zero-order chi connectivity index (χ0) is 36.6. The van der Waals surface area contributed by atoms with E-state index in [2.05, 4.69) is 170 Å². The first-order valence-corrected chi connectivity index (χ1v) is 18.6. The molecular formula is C52H34N2O. The molecule has 0 aliphatic heterocycles. The number of hydrogen-bond acceptors (Lipinski definition) is 3. The standard InChI is InChI=1S/C52H34N2O/c1-5-16-35(17-6-1)46-31-41(32-47(53-46)36-18-7-2-8-19-36)39-28-40(30-43(29-39)44-25-15-27-51-52(44)45-24-13-14-26-50(45)55-51)42-33-48(37-20-9-3-10-21-37)54-49(34-42)38-22-11-4-12-23-38/h1-34H. The van der Waals surface area contributed by atoms with Crippen molar-refractivity contribution < 1.29 is 4.42 Å². The van der Waals surface area contributed by atoms with Gasteiger partial charge in [0.1, 0.15) is 11.2 Å². The summed E-state index contributed by atoms with van der Waals surface area (Å²) in [5, 5.41) is 2.21. The lowest BCUT2D eigenvalue weighted by molar-refractivity contribution is 0.669. The number of rotatable bonds is 7. The fourth-order valence-corrected chi connectivity index (χ4v) is 7.55. The Morgan fingerprint density at radius 3 is 1.09 bits per heavy atom. The topological polar surface area (TPSA) is 38.9 Å². The highest BCUT2D eigenvalue weighted by molar-refractivity contribution is 6.12. The van der Waals surface area contributed by atoms with Gasteiger partial charge in [0.25, 0.3) is 0 Å². The molecule has 0 unspecified atom stereocenters. The smallest absolute Gasteiger partial charge is 0.136 e. The zero-order valence-corrected chi connectivity index (χ0v) is 29.9. The van der Waals surface area contributed by atoms with Crippen LogP contribution in [0.25, 0.3) is 100 Å². The molecule has 55 heavy (non-hydrogen) atoms. The van der Waals surface area contributed by atoms with Crippen molar-refractivity contribution in [1.82, 2.24) is 9.97 Å². The van der Waals surface area contributed by atoms with E-state index in [0.717, 1.165) is 100 Å². The van der Waals surface area contributed by atoms with Gasteiger partial charge in [0.2, 0.25) is 0 Å². The third kappa shape index (κ3) is 6.28. The lowest BCUT2D eigenvalue weighted by Crippen LogP contribution is -1.94. The number of pyridine rings is 2. The minimum absolute atomic E-state index is 0.869. The van der Waals surface area contributed by atoms with Gasteiger partial charge in [0.05, 0.1) is 22.8 Å². The van der Waals surface area contributed by atoms with Gasteiger partial charge in [-0.2, -0.15) is 0 Å². The highest BCUT2D eigenvalue weighted by atomic mass is 16.3. The molecule has 3 heterocycles. The van der Waals surface area contributed by atoms with Gasteiger partial charge < -0.3 is 4.42 Å². The van der Waals surface area contributed by atoms with Gasteiger partial charge in [-0.25, -0.2) is 9.97 Å². The predicted octanol–water partition coefficient (Wildman–Crippen LogP) is 14.0. The third-order valence-electron chi connectivity index (χ3n) is 10.2. The molecule has 0 amide bonds. The Balaban J connectivity index is 1.25. The van der Waals surface area contributed by atoms with E-state index in [4.69, 9.17) is 14.4 Å². The average Bonchev–Trinajstić information content (AvgIpc) is 3.66. The lowest BCUT2D eigenvalue weighted by Gasteiger charge is -2.16. The van der Waals surface area contributed by atoms with E-state index in [9.17, 15) is 0 Å². The Bertz CT molecular complexity index is 2690. The van der Waals surface area contributed by atoms with Crippen LogP contribution >= 0.6 is 0 Å². The van der Waals surface area contributed by atoms with Crippen LogP contribution in [0.5, 0.6) is 0 Å². The summed E-state index contributed by atoms with van der Waals surface area (Å²) in [6, 6.07) is 72.2. The van der Waals surface area contributed by atoms with Gasteiger partial charge in [-0.15, -0.1) is 0 Å². The lowest BCUT2D eigenvalue weighted by atomic mass is 9.90. The molecule has 0 aliphatic rings. The van der Waals surface area contributed by atoms with E-state index in [1.165, 1.54) is 0 Å². The van der Waals surface area contributed by atoms with Gasteiger partial charge in [-0.05, 0) is 88.0 Å². The van der Waals surface area contributed by atoms with E-state index in [1.54, 1.807) is 0 Å². The highest BCUT2D eigenvalue weighted by Crippen LogP contribution is 2.41. The molecule has 0 bridgehead atoms. The maximum absolute atomic E-state index is 6.39. The highest BCUT2D eigenvalue weighted by Gasteiger charge is 2.17. The van der Waals surface area contributed by atoms with Crippen LogP contribution in [0.4, 0.5) is 0 Å². The van der Waals surface area contributed by atoms with Crippen LogP contribution < -0.4 is 0 Å². The Hall–Kier alpha value is -7.36. The number of aromatic nitrogens is 2. The largest absolute Gasteiger partial charge is 0.456 e. The first-order valence-electron chi connectivity index (χ1n) is 18.6. The Labute approximate surface area is 319 Å². The maximum Gasteiger partial charge on any atom is 0.136 e. The summed E-state index contributed by atoms with van der Waals surface area (Å²) in [5.41, 5.74) is 16.3. The minimum Gasteiger partial charge on any atom is -0.456 e. The quantitative estimate of drug-likeness (QED) is 0.166. The van der Waals surface area contributed by atoms with Crippen molar-refractivity contribution in [3.05, 3.63) is 206 Å². The van der Waals surface area contributed by atoms with Crippen molar-refractivity contribution in [2.24, 2.45) is 0 Å². The van der Waals surface area contributed by atoms with Gasteiger partial charge in [-0.3, -0.25) is 0 Å². The summed E-state index contributed by atoms with van der Waals surface area (Å²) >= 11 is 0. The predicted molar refractivity (Wildman–Crippen MR) is 227 cm³/mol. The van der Waals surface area contributed by atoms with Crippen LogP contribution in [0.3, 0.4) is 0 Å². The third-order valence-corrected chi connectivity index (χ3v) is 10.2. The molecule has 0 aliphatic carbocycles. The van der Waals surface area contributed by atoms with Crippen LogP contribution in [0.1, 0.15) is 0 Å². The van der Waals surface area contributed by atoms with Crippen LogP contribution in [-0.4, -0.2) is 9.97 Å². The minimum atomic E-state index is 0.869. The maximum atomic E-state index is 6.39. The fraction of sp³-hybridized carbons (Fsp3) is 0. The summed E-state index contributed by atoms with van der Waals surface area (Å²) in [5.74, 6) is 0. The number of para-hydroxylation sites is 1. The molecule has 0 fully saturated rings. The second kappa shape index (κ2) is 13.9. The molecule has 0 saturated carbocycles. The molecular weight excluding hydrogens is 669 g/mol. The first-order chi connectivity index (χ1) is 27.2. The van der Waals surface area contributed by atoms with E-state index in [-0.39, 0.29) is 0 Å². The molecule has 258 valence electrons. The van der Waals surface area contributed by atoms with Crippen LogP contribution in [0.15, 0.2) is 211 Å².